The van der Waals surface area contributed by atoms with Crippen molar-refractivity contribution >= 4 is 23.3 Å². The topological polar surface area (TPSA) is 92.4 Å². The molecule has 2 aromatic carbocycles. The summed E-state index contributed by atoms with van der Waals surface area (Å²) in [5.41, 5.74) is 4.48. The monoisotopic (exact) mass is 292 g/mol. The molecule has 0 radical (unpaired) electrons. The number of carboxylic acid groups (broad SMARTS) is 1. The zero-order valence-corrected chi connectivity index (χ0v) is 10.6. The lowest BCUT2D eigenvalue weighted by molar-refractivity contribution is 0.0693. The molecular weight excluding hydrogens is 282 g/mol. The maximum atomic E-state index is 13.5. The molecule has 0 spiro atoms. The van der Waals surface area contributed by atoms with Gasteiger partial charge in [0.05, 0.1) is 11.3 Å². The second kappa shape index (κ2) is 5.58. The number of nitrogens with one attached hydrogen (secondary N) is 1. The third-order valence-corrected chi connectivity index (χ3v) is 2.74. The van der Waals surface area contributed by atoms with Crippen LogP contribution < -0.4 is 11.1 Å². The quantitative estimate of drug-likeness (QED) is 0.758. The molecule has 5 nitrogen and oxygen atoms in total. The summed E-state index contributed by atoms with van der Waals surface area (Å²) < 4.78 is 26.6. The molecule has 0 bridgehead atoms. The molecule has 0 saturated carbocycles. The van der Waals surface area contributed by atoms with Crippen molar-refractivity contribution in [2.24, 2.45) is 0 Å². The van der Waals surface area contributed by atoms with Crippen LogP contribution in [0.1, 0.15) is 20.7 Å². The third kappa shape index (κ3) is 2.97. The van der Waals surface area contributed by atoms with Gasteiger partial charge >= 0.3 is 5.97 Å². The average Bonchev–Trinajstić information content (AvgIpc) is 2.41. The van der Waals surface area contributed by atoms with E-state index in [0.717, 1.165) is 18.2 Å². The van der Waals surface area contributed by atoms with Gasteiger partial charge in [0, 0.05) is 5.69 Å². The summed E-state index contributed by atoms with van der Waals surface area (Å²) in [6.07, 6.45) is 0. The molecule has 0 aliphatic rings. The number of nitrogens with two attached hydrogens (primary N) is 1. The van der Waals surface area contributed by atoms with Crippen molar-refractivity contribution in [1.82, 2.24) is 0 Å². The third-order valence-electron chi connectivity index (χ3n) is 2.74. The number of anilines is 2. The first kappa shape index (κ1) is 14.4. The van der Waals surface area contributed by atoms with Crippen molar-refractivity contribution in [2.75, 3.05) is 11.1 Å². The summed E-state index contributed by atoms with van der Waals surface area (Å²) in [7, 11) is 0. The van der Waals surface area contributed by atoms with E-state index in [1.54, 1.807) is 0 Å². The van der Waals surface area contributed by atoms with Crippen LogP contribution in [0.25, 0.3) is 0 Å². The second-order valence-corrected chi connectivity index (χ2v) is 4.15. The van der Waals surface area contributed by atoms with Crippen LogP contribution in [0.15, 0.2) is 36.4 Å². The van der Waals surface area contributed by atoms with Crippen LogP contribution >= 0.6 is 0 Å². The molecule has 0 saturated heterocycles. The minimum Gasteiger partial charge on any atom is -0.478 e. The number of carbonyl (C=O) groups is 2. The van der Waals surface area contributed by atoms with Crippen molar-refractivity contribution < 1.29 is 23.5 Å². The molecule has 0 aliphatic heterocycles. The first-order valence-electron chi connectivity index (χ1n) is 5.78. The highest BCUT2D eigenvalue weighted by atomic mass is 19.1. The van der Waals surface area contributed by atoms with E-state index in [1.807, 2.05) is 0 Å². The lowest BCUT2D eigenvalue weighted by Crippen LogP contribution is -2.17. The minimum atomic E-state index is -1.53. The number of hydrogen-bond acceptors (Lipinski definition) is 3. The first-order valence-corrected chi connectivity index (χ1v) is 5.78. The molecule has 1 amide bonds. The van der Waals surface area contributed by atoms with Gasteiger partial charge in [0.25, 0.3) is 5.91 Å². The van der Waals surface area contributed by atoms with Crippen molar-refractivity contribution in [3.8, 4) is 0 Å². The van der Waals surface area contributed by atoms with Crippen LogP contribution in [0.5, 0.6) is 0 Å². The maximum Gasteiger partial charge on any atom is 0.340 e. The van der Waals surface area contributed by atoms with Gasteiger partial charge in [-0.1, -0.05) is 6.07 Å². The predicted octanol–water partition coefficient (Wildman–Crippen LogP) is 2.50. The molecule has 21 heavy (non-hydrogen) atoms. The molecule has 0 unspecified atom stereocenters. The molecule has 0 heterocycles. The average molecular weight is 292 g/mol. The molecule has 108 valence electrons. The van der Waals surface area contributed by atoms with Gasteiger partial charge in [0.1, 0.15) is 17.2 Å². The highest BCUT2D eigenvalue weighted by Crippen LogP contribution is 2.21. The fraction of sp³-hybridized carbons (Fsp3) is 0. The second-order valence-electron chi connectivity index (χ2n) is 4.15. The van der Waals surface area contributed by atoms with E-state index in [9.17, 15) is 18.4 Å². The Balaban J connectivity index is 2.39. The number of nitrogen functional groups attached to an aromatic ring is 1. The minimum absolute atomic E-state index is 0.0159. The fourth-order valence-corrected chi connectivity index (χ4v) is 1.76. The Morgan fingerprint density at radius 2 is 1.86 bits per heavy atom. The molecule has 2 rings (SSSR count). The van der Waals surface area contributed by atoms with E-state index in [4.69, 9.17) is 10.8 Å². The number of halogens is 2. The molecule has 0 fully saturated rings. The summed E-state index contributed by atoms with van der Waals surface area (Å²) in [6, 6.07) is 6.61. The van der Waals surface area contributed by atoms with E-state index >= 15 is 0 Å². The Morgan fingerprint density at radius 1 is 1.14 bits per heavy atom. The number of carbonyl (C=O) groups excluding carboxylic acids is 1. The first-order chi connectivity index (χ1) is 9.90. The summed E-state index contributed by atoms with van der Waals surface area (Å²) in [5.74, 6) is -4.03. The number of benzene rings is 2. The largest absolute Gasteiger partial charge is 0.478 e. The number of carboxylic acids is 1. The van der Waals surface area contributed by atoms with Crippen LogP contribution in [0.2, 0.25) is 0 Å². The van der Waals surface area contributed by atoms with Gasteiger partial charge in [0.15, 0.2) is 0 Å². The molecule has 0 aromatic heterocycles. The predicted molar refractivity (Wildman–Crippen MR) is 72.1 cm³/mol. The van der Waals surface area contributed by atoms with Gasteiger partial charge < -0.3 is 16.2 Å². The van der Waals surface area contributed by atoms with Crippen molar-refractivity contribution in [3.63, 3.8) is 0 Å². The Bertz CT molecular complexity index is 732. The zero-order chi connectivity index (χ0) is 15.6. The Hall–Kier alpha value is -2.96. The molecule has 0 atom stereocenters. The maximum absolute atomic E-state index is 13.5. The van der Waals surface area contributed by atoms with Crippen LogP contribution in [0.4, 0.5) is 20.2 Å². The Kier molecular flexibility index (Phi) is 3.84. The number of amides is 1. The molecule has 4 N–H and O–H groups in total. The lowest BCUT2D eigenvalue weighted by atomic mass is 10.1. The highest BCUT2D eigenvalue weighted by Gasteiger charge is 2.19. The van der Waals surface area contributed by atoms with Crippen LogP contribution in [-0.4, -0.2) is 17.0 Å². The van der Waals surface area contributed by atoms with Gasteiger partial charge in [0.2, 0.25) is 0 Å². The van der Waals surface area contributed by atoms with Crippen LogP contribution in [0.3, 0.4) is 0 Å². The fourth-order valence-electron chi connectivity index (χ4n) is 1.76. The van der Waals surface area contributed by atoms with E-state index in [-0.39, 0.29) is 16.9 Å². The summed E-state index contributed by atoms with van der Waals surface area (Å²) >= 11 is 0. The van der Waals surface area contributed by atoms with Gasteiger partial charge in [-0.15, -0.1) is 0 Å². The number of rotatable bonds is 3. The van der Waals surface area contributed by atoms with E-state index in [1.165, 1.54) is 18.2 Å². The van der Waals surface area contributed by atoms with Crippen molar-refractivity contribution in [3.05, 3.63) is 59.2 Å². The van der Waals surface area contributed by atoms with E-state index in [2.05, 4.69) is 5.32 Å². The lowest BCUT2D eigenvalue weighted by Gasteiger charge is -2.10. The smallest absolute Gasteiger partial charge is 0.340 e. The van der Waals surface area contributed by atoms with Crippen molar-refractivity contribution in [1.29, 1.82) is 0 Å². The highest BCUT2D eigenvalue weighted by molar-refractivity contribution is 6.10. The SMILES string of the molecule is Nc1ccc(F)cc1C(=O)Nc1cccc(F)c1C(=O)O. The molecular formula is C14H10F2N2O3. The Labute approximate surface area is 118 Å². The van der Waals surface area contributed by atoms with E-state index < -0.39 is 29.1 Å². The van der Waals surface area contributed by atoms with Gasteiger partial charge in [-0.3, -0.25) is 4.79 Å². The van der Waals surface area contributed by atoms with Gasteiger partial charge in [-0.05, 0) is 30.3 Å². The summed E-state index contributed by atoms with van der Waals surface area (Å²) in [6.45, 7) is 0. The molecule has 2 aromatic rings. The summed E-state index contributed by atoms with van der Waals surface area (Å²) in [4.78, 5) is 23.0. The molecule has 0 aliphatic carbocycles. The van der Waals surface area contributed by atoms with Gasteiger partial charge in [-0.2, -0.15) is 0 Å². The molecule has 7 heteroatoms. The van der Waals surface area contributed by atoms with Crippen LogP contribution in [-0.2, 0) is 0 Å². The van der Waals surface area contributed by atoms with E-state index in [0.29, 0.717) is 0 Å². The number of aromatic carboxylic acids is 1. The summed E-state index contributed by atoms with van der Waals surface area (Å²) in [5, 5.41) is 11.2. The van der Waals surface area contributed by atoms with Gasteiger partial charge in [-0.25, -0.2) is 13.6 Å². The standard InChI is InChI=1S/C14H10F2N2O3/c15-7-4-5-10(17)8(6-7)13(19)18-11-3-1-2-9(16)12(11)14(20)21/h1-6H,17H2,(H,18,19)(H,20,21). The zero-order valence-electron chi connectivity index (χ0n) is 10.6. The Morgan fingerprint density at radius 3 is 2.52 bits per heavy atom. The van der Waals surface area contributed by atoms with Crippen LogP contribution in [0, 0.1) is 11.6 Å². The normalized spacial score (nSPS) is 10.2. The van der Waals surface area contributed by atoms with Crippen molar-refractivity contribution in [2.45, 2.75) is 0 Å². The number of hydrogen-bond donors (Lipinski definition) is 3.